The summed E-state index contributed by atoms with van der Waals surface area (Å²) in [4.78, 5) is 17.1. The van der Waals surface area contributed by atoms with E-state index in [1.165, 1.54) is 11.1 Å². The van der Waals surface area contributed by atoms with Crippen LogP contribution >= 0.6 is 24.8 Å². The maximum atomic E-state index is 12.8. The predicted octanol–water partition coefficient (Wildman–Crippen LogP) is 3.10. The highest BCUT2D eigenvalue weighted by Crippen LogP contribution is 2.28. The Kier molecular flexibility index (Phi) is 7.36. The van der Waals surface area contributed by atoms with Crippen molar-refractivity contribution in [1.29, 1.82) is 0 Å². The van der Waals surface area contributed by atoms with Crippen molar-refractivity contribution in [1.82, 2.24) is 10.2 Å². The molecule has 0 radical (unpaired) electrons. The molecule has 146 valence electrons. The van der Waals surface area contributed by atoms with Crippen LogP contribution in [0.25, 0.3) is 0 Å². The van der Waals surface area contributed by atoms with Crippen molar-refractivity contribution in [3.05, 3.63) is 59.2 Å². The molecule has 4 rings (SSSR count). The Morgan fingerprint density at radius 1 is 0.963 bits per heavy atom. The molecule has 2 aromatic carbocycles. The number of nitrogens with zero attached hydrogens (tertiary/aromatic N) is 2. The smallest absolute Gasteiger partial charge is 0.253 e. The first-order valence-corrected chi connectivity index (χ1v) is 8.76. The number of hydrogen-bond donors (Lipinski definition) is 1. The highest BCUT2D eigenvalue weighted by Gasteiger charge is 2.24. The van der Waals surface area contributed by atoms with Gasteiger partial charge in [0.15, 0.2) is 0 Å². The lowest BCUT2D eigenvalue weighted by atomic mass is 10.1. The highest BCUT2D eigenvalue weighted by atomic mass is 35.5. The number of rotatable bonds is 3. The third-order valence-electron chi connectivity index (χ3n) is 5.08. The zero-order valence-electron chi connectivity index (χ0n) is 15.3. The second-order valence-corrected chi connectivity index (χ2v) is 6.54. The highest BCUT2D eigenvalue weighted by molar-refractivity contribution is 5.94. The molecule has 5 nitrogen and oxygen atoms in total. The van der Waals surface area contributed by atoms with Crippen LogP contribution in [0.15, 0.2) is 42.5 Å². The lowest BCUT2D eigenvalue weighted by molar-refractivity contribution is 0.0746. The van der Waals surface area contributed by atoms with Crippen LogP contribution in [0.1, 0.15) is 21.5 Å². The van der Waals surface area contributed by atoms with E-state index in [0.29, 0.717) is 0 Å². The summed E-state index contributed by atoms with van der Waals surface area (Å²) in [7, 11) is 1.70. The summed E-state index contributed by atoms with van der Waals surface area (Å²) >= 11 is 0. The maximum Gasteiger partial charge on any atom is 0.253 e. The Hall–Kier alpha value is -1.95. The fourth-order valence-corrected chi connectivity index (χ4v) is 3.65. The van der Waals surface area contributed by atoms with Gasteiger partial charge in [-0.2, -0.15) is 0 Å². The number of para-hydroxylation sites is 2. The van der Waals surface area contributed by atoms with E-state index in [1.54, 1.807) is 7.11 Å². The number of halogens is 2. The molecule has 0 aliphatic carbocycles. The molecule has 0 saturated carbocycles. The zero-order chi connectivity index (χ0) is 17.2. The standard InChI is InChI=1S/C20H23N3O2.2ClH/c1-25-19-5-3-2-4-18(19)22-8-10-23(11-9-22)20(24)15-6-7-16-13-21-14-17(16)12-15;;/h2-7,12,21H,8-11,13-14H2,1H3;2*1H. The van der Waals surface area contributed by atoms with Crippen LogP contribution in [0.2, 0.25) is 0 Å². The van der Waals surface area contributed by atoms with Crippen LogP contribution in [0.5, 0.6) is 5.75 Å². The lowest BCUT2D eigenvalue weighted by Gasteiger charge is -2.36. The average Bonchev–Trinajstić information content (AvgIpc) is 3.15. The van der Waals surface area contributed by atoms with Crippen molar-refractivity contribution in [3.8, 4) is 5.75 Å². The van der Waals surface area contributed by atoms with Crippen molar-refractivity contribution >= 4 is 36.4 Å². The van der Waals surface area contributed by atoms with E-state index in [2.05, 4.69) is 22.3 Å². The van der Waals surface area contributed by atoms with E-state index in [4.69, 9.17) is 4.74 Å². The SMILES string of the molecule is COc1ccccc1N1CCN(C(=O)c2ccc3c(c2)CNC3)CC1.Cl.Cl. The summed E-state index contributed by atoms with van der Waals surface area (Å²) < 4.78 is 5.46. The minimum absolute atomic E-state index is 0. The van der Waals surface area contributed by atoms with Gasteiger partial charge in [0.25, 0.3) is 5.91 Å². The number of amides is 1. The summed E-state index contributed by atoms with van der Waals surface area (Å²) in [6.07, 6.45) is 0. The van der Waals surface area contributed by atoms with E-state index in [0.717, 1.165) is 56.3 Å². The number of piperazine rings is 1. The van der Waals surface area contributed by atoms with Gasteiger partial charge in [-0.1, -0.05) is 18.2 Å². The summed E-state index contributed by atoms with van der Waals surface area (Å²) in [5.41, 5.74) is 4.45. The van der Waals surface area contributed by atoms with Gasteiger partial charge in [0.2, 0.25) is 0 Å². The third-order valence-corrected chi connectivity index (χ3v) is 5.08. The second-order valence-electron chi connectivity index (χ2n) is 6.54. The van der Waals surface area contributed by atoms with Crippen molar-refractivity contribution < 1.29 is 9.53 Å². The van der Waals surface area contributed by atoms with Crippen molar-refractivity contribution in [2.24, 2.45) is 0 Å². The third kappa shape index (κ3) is 4.32. The molecule has 0 atom stereocenters. The number of fused-ring (bicyclic) bond motifs is 1. The Bertz CT molecular complexity index is 793. The quantitative estimate of drug-likeness (QED) is 0.845. The van der Waals surface area contributed by atoms with Gasteiger partial charge in [-0.05, 0) is 35.4 Å². The average molecular weight is 410 g/mol. The van der Waals surface area contributed by atoms with E-state index >= 15 is 0 Å². The van der Waals surface area contributed by atoms with E-state index in [9.17, 15) is 4.79 Å². The number of anilines is 1. The van der Waals surface area contributed by atoms with Gasteiger partial charge in [-0.3, -0.25) is 4.79 Å². The summed E-state index contributed by atoms with van der Waals surface area (Å²) in [5, 5.41) is 3.32. The summed E-state index contributed by atoms with van der Waals surface area (Å²) in [6.45, 7) is 4.86. The van der Waals surface area contributed by atoms with Crippen LogP contribution in [0.4, 0.5) is 5.69 Å². The molecule has 2 aromatic rings. The normalized spacial score (nSPS) is 15.4. The van der Waals surface area contributed by atoms with Gasteiger partial charge in [0.1, 0.15) is 5.75 Å². The molecule has 1 N–H and O–H groups in total. The van der Waals surface area contributed by atoms with Crippen LogP contribution in [-0.4, -0.2) is 44.1 Å². The van der Waals surface area contributed by atoms with E-state index < -0.39 is 0 Å². The molecular formula is C20H25Cl2N3O2. The van der Waals surface area contributed by atoms with Gasteiger partial charge in [0, 0.05) is 44.8 Å². The van der Waals surface area contributed by atoms with Crippen LogP contribution < -0.4 is 15.0 Å². The fraction of sp³-hybridized carbons (Fsp3) is 0.350. The molecule has 27 heavy (non-hydrogen) atoms. The molecule has 0 aromatic heterocycles. The molecule has 1 amide bonds. The molecule has 2 aliphatic heterocycles. The molecule has 1 fully saturated rings. The van der Waals surface area contributed by atoms with E-state index in [1.807, 2.05) is 35.2 Å². The topological polar surface area (TPSA) is 44.8 Å². The van der Waals surface area contributed by atoms with Crippen molar-refractivity contribution in [3.63, 3.8) is 0 Å². The number of nitrogens with one attached hydrogen (secondary N) is 1. The number of carbonyl (C=O) groups excluding carboxylic acids is 1. The zero-order valence-corrected chi connectivity index (χ0v) is 16.9. The Balaban J connectivity index is 0.00000131. The number of ether oxygens (including phenoxy) is 1. The van der Waals surface area contributed by atoms with Gasteiger partial charge < -0.3 is 19.9 Å². The van der Waals surface area contributed by atoms with Gasteiger partial charge in [-0.25, -0.2) is 0 Å². The Morgan fingerprint density at radius 2 is 1.67 bits per heavy atom. The molecule has 0 spiro atoms. The molecule has 0 bridgehead atoms. The first-order chi connectivity index (χ1) is 12.3. The largest absolute Gasteiger partial charge is 0.495 e. The summed E-state index contributed by atoms with van der Waals surface area (Å²) in [5.74, 6) is 1.02. The second kappa shape index (κ2) is 9.31. The molecule has 1 saturated heterocycles. The van der Waals surface area contributed by atoms with Crippen LogP contribution in [0, 0.1) is 0 Å². The molecular weight excluding hydrogens is 385 g/mol. The Labute approximate surface area is 172 Å². The predicted molar refractivity (Wildman–Crippen MR) is 113 cm³/mol. The van der Waals surface area contributed by atoms with Gasteiger partial charge in [-0.15, -0.1) is 24.8 Å². The Morgan fingerprint density at radius 3 is 2.41 bits per heavy atom. The monoisotopic (exact) mass is 409 g/mol. The molecule has 2 aliphatic rings. The molecule has 0 unspecified atom stereocenters. The first kappa shape index (κ1) is 21.4. The van der Waals surface area contributed by atoms with Crippen LogP contribution in [0.3, 0.4) is 0 Å². The number of methoxy groups -OCH3 is 1. The van der Waals surface area contributed by atoms with E-state index in [-0.39, 0.29) is 30.7 Å². The number of carbonyl (C=O) groups is 1. The summed E-state index contributed by atoms with van der Waals surface area (Å²) in [6, 6.07) is 14.1. The van der Waals surface area contributed by atoms with Crippen LogP contribution in [-0.2, 0) is 13.1 Å². The number of benzene rings is 2. The minimum atomic E-state index is 0. The lowest BCUT2D eigenvalue weighted by Crippen LogP contribution is -2.48. The first-order valence-electron chi connectivity index (χ1n) is 8.76. The minimum Gasteiger partial charge on any atom is -0.495 e. The van der Waals surface area contributed by atoms with Gasteiger partial charge >= 0.3 is 0 Å². The fourth-order valence-electron chi connectivity index (χ4n) is 3.65. The maximum absolute atomic E-state index is 12.8. The van der Waals surface area contributed by atoms with Crippen molar-refractivity contribution in [2.45, 2.75) is 13.1 Å². The molecule has 2 heterocycles. The number of hydrogen-bond acceptors (Lipinski definition) is 4. The van der Waals surface area contributed by atoms with Crippen molar-refractivity contribution in [2.75, 3.05) is 38.2 Å². The van der Waals surface area contributed by atoms with Gasteiger partial charge in [0.05, 0.1) is 12.8 Å². The molecule has 7 heteroatoms.